The summed E-state index contributed by atoms with van der Waals surface area (Å²) in [5, 5.41) is 0. The highest BCUT2D eigenvalue weighted by Gasteiger charge is 2.20. The molecule has 2 aromatic heterocycles. The van der Waals surface area contributed by atoms with E-state index in [9.17, 15) is 9.18 Å². The molecule has 1 aromatic carbocycles. The maximum Gasteiger partial charge on any atom is 0.340 e. The zero-order chi connectivity index (χ0) is 18.1. The van der Waals surface area contributed by atoms with Gasteiger partial charge in [0.2, 0.25) is 0 Å². The predicted octanol–water partition coefficient (Wildman–Crippen LogP) is 4.76. The van der Waals surface area contributed by atoms with Gasteiger partial charge >= 0.3 is 5.97 Å². The second-order valence-corrected chi connectivity index (χ2v) is 7.34. The molecule has 3 heterocycles. The number of hydrogen-bond donors (Lipinski definition) is 1. The van der Waals surface area contributed by atoms with Crippen LogP contribution >= 0.6 is 22.9 Å². The molecular weight excluding hydrogens is 381 g/mol. The summed E-state index contributed by atoms with van der Waals surface area (Å²) in [4.78, 5) is 16.3. The fraction of sp³-hybridized carbons (Fsp3) is 0.167. The SMILES string of the molecule is O=C(OCc1cc(F)cc2c1OCOC2)c1c[nH]cc1-c1ccc(Cl)s1. The van der Waals surface area contributed by atoms with Crippen molar-refractivity contribution in [1.29, 1.82) is 0 Å². The molecule has 0 spiro atoms. The number of thiophene rings is 1. The first kappa shape index (κ1) is 17.1. The number of aromatic amines is 1. The second kappa shape index (κ2) is 7.11. The predicted molar refractivity (Wildman–Crippen MR) is 94.9 cm³/mol. The zero-order valence-electron chi connectivity index (χ0n) is 13.4. The number of H-pyrrole nitrogens is 1. The van der Waals surface area contributed by atoms with E-state index in [0.29, 0.717) is 32.3 Å². The quantitative estimate of drug-likeness (QED) is 0.649. The first-order chi connectivity index (χ1) is 12.6. The van der Waals surface area contributed by atoms with Gasteiger partial charge in [0.1, 0.15) is 18.2 Å². The van der Waals surface area contributed by atoms with Gasteiger partial charge in [0.15, 0.2) is 6.79 Å². The Labute approximate surface area is 157 Å². The van der Waals surface area contributed by atoms with Crippen LogP contribution in [0.4, 0.5) is 4.39 Å². The number of carbonyl (C=O) groups excluding carboxylic acids is 1. The van der Waals surface area contributed by atoms with E-state index >= 15 is 0 Å². The third-order valence-corrected chi connectivity index (χ3v) is 5.18. The van der Waals surface area contributed by atoms with Crippen LogP contribution in [0.1, 0.15) is 21.5 Å². The topological polar surface area (TPSA) is 60.6 Å². The van der Waals surface area contributed by atoms with Gasteiger partial charge in [-0.3, -0.25) is 0 Å². The molecule has 1 aliphatic heterocycles. The number of esters is 1. The Morgan fingerprint density at radius 1 is 1.35 bits per heavy atom. The number of nitrogens with one attached hydrogen (secondary N) is 1. The molecule has 134 valence electrons. The van der Waals surface area contributed by atoms with Gasteiger partial charge in [-0.2, -0.15) is 0 Å². The minimum absolute atomic E-state index is 0.0840. The van der Waals surface area contributed by atoms with Crippen LogP contribution in [0.3, 0.4) is 0 Å². The number of hydrogen-bond acceptors (Lipinski definition) is 5. The van der Waals surface area contributed by atoms with Gasteiger partial charge in [-0.05, 0) is 24.3 Å². The summed E-state index contributed by atoms with van der Waals surface area (Å²) in [7, 11) is 0. The van der Waals surface area contributed by atoms with E-state index in [1.165, 1.54) is 23.5 Å². The van der Waals surface area contributed by atoms with Gasteiger partial charge in [0, 0.05) is 34.0 Å². The summed E-state index contributed by atoms with van der Waals surface area (Å²) in [6, 6.07) is 6.25. The van der Waals surface area contributed by atoms with Crippen LogP contribution < -0.4 is 4.74 Å². The van der Waals surface area contributed by atoms with Crippen molar-refractivity contribution >= 4 is 28.9 Å². The van der Waals surface area contributed by atoms with Gasteiger partial charge < -0.3 is 19.2 Å². The molecule has 0 fully saturated rings. The van der Waals surface area contributed by atoms with E-state index in [2.05, 4.69) is 4.98 Å². The van der Waals surface area contributed by atoms with Crippen molar-refractivity contribution in [2.45, 2.75) is 13.2 Å². The Balaban J connectivity index is 1.54. The molecule has 0 bridgehead atoms. The van der Waals surface area contributed by atoms with Gasteiger partial charge in [-0.25, -0.2) is 9.18 Å². The van der Waals surface area contributed by atoms with Crippen molar-refractivity contribution in [2.75, 3.05) is 6.79 Å². The first-order valence-electron chi connectivity index (χ1n) is 7.73. The van der Waals surface area contributed by atoms with Gasteiger partial charge in [-0.15, -0.1) is 11.3 Å². The normalized spacial score (nSPS) is 13.2. The van der Waals surface area contributed by atoms with Crippen molar-refractivity contribution in [1.82, 2.24) is 4.98 Å². The second-order valence-electron chi connectivity index (χ2n) is 5.63. The molecule has 0 unspecified atom stereocenters. The molecule has 0 aliphatic carbocycles. The van der Waals surface area contributed by atoms with Crippen LogP contribution in [0.5, 0.6) is 5.75 Å². The maximum atomic E-state index is 13.8. The molecule has 1 N–H and O–H groups in total. The van der Waals surface area contributed by atoms with Crippen LogP contribution in [0.2, 0.25) is 4.34 Å². The number of ether oxygens (including phenoxy) is 3. The Bertz CT molecular complexity index is 968. The van der Waals surface area contributed by atoms with Crippen LogP contribution in [0.15, 0.2) is 36.7 Å². The Morgan fingerprint density at radius 2 is 2.23 bits per heavy atom. The van der Waals surface area contributed by atoms with E-state index in [-0.39, 0.29) is 20.0 Å². The number of halogens is 2. The summed E-state index contributed by atoms with van der Waals surface area (Å²) in [5.74, 6) is -0.444. The highest BCUT2D eigenvalue weighted by atomic mass is 35.5. The van der Waals surface area contributed by atoms with Crippen molar-refractivity contribution < 1.29 is 23.4 Å². The van der Waals surface area contributed by atoms with Crippen LogP contribution in [0, 0.1) is 5.82 Å². The lowest BCUT2D eigenvalue weighted by Gasteiger charge is -2.20. The minimum Gasteiger partial charge on any atom is -0.467 e. The molecule has 26 heavy (non-hydrogen) atoms. The Morgan fingerprint density at radius 3 is 3.04 bits per heavy atom. The highest BCUT2D eigenvalue weighted by Crippen LogP contribution is 2.34. The van der Waals surface area contributed by atoms with Crippen molar-refractivity contribution in [2.24, 2.45) is 0 Å². The molecule has 0 saturated carbocycles. The van der Waals surface area contributed by atoms with E-state index in [1.54, 1.807) is 18.5 Å². The highest BCUT2D eigenvalue weighted by molar-refractivity contribution is 7.19. The standard InChI is InChI=1S/C18H13ClFNO4S/c19-16-2-1-15(26-16)13-5-21-6-14(13)18(22)24-8-11-4-12(20)3-10-7-23-9-25-17(10)11/h1-6,21H,7-9H2. The van der Waals surface area contributed by atoms with E-state index in [4.69, 9.17) is 25.8 Å². The smallest absolute Gasteiger partial charge is 0.340 e. The number of aromatic nitrogens is 1. The number of fused-ring (bicyclic) bond motifs is 1. The summed E-state index contributed by atoms with van der Waals surface area (Å²) in [6.45, 7) is 0.241. The van der Waals surface area contributed by atoms with Crippen molar-refractivity contribution in [3.63, 3.8) is 0 Å². The molecule has 5 nitrogen and oxygen atoms in total. The molecular formula is C18H13ClFNO4S. The molecule has 1 aliphatic rings. The van der Waals surface area contributed by atoms with Gasteiger partial charge in [0.05, 0.1) is 16.5 Å². The van der Waals surface area contributed by atoms with E-state index in [0.717, 1.165) is 4.88 Å². The molecule has 0 amide bonds. The summed E-state index contributed by atoms with van der Waals surface area (Å²) < 4.78 is 30.4. The summed E-state index contributed by atoms with van der Waals surface area (Å²) >= 11 is 7.33. The average molecular weight is 394 g/mol. The fourth-order valence-corrected chi connectivity index (χ4v) is 3.85. The fourth-order valence-electron chi connectivity index (χ4n) is 2.78. The van der Waals surface area contributed by atoms with E-state index in [1.807, 2.05) is 6.07 Å². The van der Waals surface area contributed by atoms with Crippen LogP contribution in [0.25, 0.3) is 10.4 Å². The third kappa shape index (κ3) is 3.33. The largest absolute Gasteiger partial charge is 0.467 e. The number of carbonyl (C=O) groups is 1. The van der Waals surface area contributed by atoms with Crippen molar-refractivity contribution in [3.8, 4) is 16.2 Å². The summed E-state index contributed by atoms with van der Waals surface area (Å²) in [6.07, 6.45) is 3.28. The Hall–Kier alpha value is -2.35. The van der Waals surface area contributed by atoms with Gasteiger partial charge in [-0.1, -0.05) is 11.6 Å². The summed E-state index contributed by atoms with van der Waals surface area (Å²) in [5.41, 5.74) is 2.15. The lowest BCUT2D eigenvalue weighted by molar-refractivity contribution is -0.0182. The number of rotatable bonds is 4. The lowest BCUT2D eigenvalue weighted by Crippen LogP contribution is -2.15. The molecule has 8 heteroatoms. The molecule has 0 atom stereocenters. The maximum absolute atomic E-state index is 13.8. The monoisotopic (exact) mass is 393 g/mol. The Kier molecular flexibility index (Phi) is 4.67. The lowest BCUT2D eigenvalue weighted by atomic mass is 10.1. The van der Waals surface area contributed by atoms with E-state index < -0.39 is 11.8 Å². The van der Waals surface area contributed by atoms with Gasteiger partial charge in [0.25, 0.3) is 0 Å². The van der Waals surface area contributed by atoms with Crippen molar-refractivity contribution in [3.05, 3.63) is 63.5 Å². The molecule has 0 radical (unpaired) electrons. The zero-order valence-corrected chi connectivity index (χ0v) is 15.0. The first-order valence-corrected chi connectivity index (χ1v) is 8.92. The van der Waals surface area contributed by atoms with Crippen LogP contribution in [-0.4, -0.2) is 17.7 Å². The average Bonchev–Trinajstić information content (AvgIpc) is 3.28. The molecule has 4 rings (SSSR count). The minimum atomic E-state index is -0.518. The third-order valence-electron chi connectivity index (χ3n) is 3.91. The molecule has 0 saturated heterocycles. The number of benzene rings is 1. The molecule has 3 aromatic rings. The van der Waals surface area contributed by atoms with Crippen LogP contribution in [-0.2, 0) is 22.7 Å².